The van der Waals surface area contributed by atoms with E-state index in [1.165, 1.54) is 12.1 Å². The number of halogens is 1. The van der Waals surface area contributed by atoms with Crippen LogP contribution in [0.3, 0.4) is 0 Å². The van der Waals surface area contributed by atoms with Crippen molar-refractivity contribution < 1.29 is 9.18 Å². The van der Waals surface area contributed by atoms with Gasteiger partial charge in [-0.15, -0.1) is 0 Å². The molecule has 2 aromatic heterocycles. The van der Waals surface area contributed by atoms with Gasteiger partial charge < -0.3 is 11.1 Å². The van der Waals surface area contributed by atoms with Gasteiger partial charge in [0.15, 0.2) is 0 Å². The highest BCUT2D eigenvalue weighted by molar-refractivity contribution is 5.94. The maximum atomic E-state index is 13.2. The van der Waals surface area contributed by atoms with E-state index in [0.717, 1.165) is 16.7 Å². The van der Waals surface area contributed by atoms with Crippen molar-refractivity contribution in [1.82, 2.24) is 20.1 Å². The number of hydrogen-bond donors (Lipinski definition) is 2. The maximum Gasteiger partial charge on any atom is 0.251 e. The largest absolute Gasteiger partial charge is 0.397 e. The van der Waals surface area contributed by atoms with Gasteiger partial charge in [-0.3, -0.25) is 14.5 Å². The van der Waals surface area contributed by atoms with E-state index in [9.17, 15) is 9.18 Å². The zero-order valence-electron chi connectivity index (χ0n) is 16.3. The number of carbonyl (C=O) groups excluding carboxylic acids is 1. The third-order valence-electron chi connectivity index (χ3n) is 4.75. The first-order chi connectivity index (χ1) is 14.5. The number of nitrogens with two attached hydrogens (primary N) is 1. The second-order valence-corrected chi connectivity index (χ2v) is 6.84. The summed E-state index contributed by atoms with van der Waals surface area (Å²) in [7, 11) is 1.61. The van der Waals surface area contributed by atoms with Gasteiger partial charge in [-0.25, -0.2) is 4.39 Å². The number of pyridine rings is 1. The van der Waals surface area contributed by atoms with Crippen molar-refractivity contribution in [2.24, 2.45) is 0 Å². The van der Waals surface area contributed by atoms with Crippen molar-refractivity contribution in [2.45, 2.75) is 6.54 Å². The zero-order valence-corrected chi connectivity index (χ0v) is 16.3. The van der Waals surface area contributed by atoms with Crippen LogP contribution in [0.1, 0.15) is 15.9 Å². The Hall–Kier alpha value is -4.00. The lowest BCUT2D eigenvalue weighted by Gasteiger charge is -2.07. The lowest BCUT2D eigenvalue weighted by Crippen LogP contribution is -2.18. The van der Waals surface area contributed by atoms with Crippen LogP contribution in [0.15, 0.2) is 73.1 Å². The number of aromatic nitrogens is 3. The molecule has 4 aromatic rings. The summed E-state index contributed by atoms with van der Waals surface area (Å²) >= 11 is 0. The van der Waals surface area contributed by atoms with Crippen molar-refractivity contribution in [3.05, 3.63) is 90.0 Å². The van der Waals surface area contributed by atoms with E-state index < -0.39 is 0 Å². The number of nitrogens with one attached hydrogen (secondary N) is 1. The number of carbonyl (C=O) groups is 1. The average molecular weight is 401 g/mol. The first-order valence-electron chi connectivity index (χ1n) is 9.40. The molecule has 150 valence electrons. The van der Waals surface area contributed by atoms with E-state index in [-0.39, 0.29) is 11.7 Å². The van der Waals surface area contributed by atoms with Crippen molar-refractivity contribution in [2.75, 3.05) is 12.8 Å². The Labute approximate surface area is 173 Å². The van der Waals surface area contributed by atoms with Gasteiger partial charge in [-0.05, 0) is 54.1 Å². The quantitative estimate of drug-likeness (QED) is 0.533. The summed E-state index contributed by atoms with van der Waals surface area (Å²) in [6.07, 6.45) is 3.44. The van der Waals surface area contributed by atoms with Crippen LogP contribution in [-0.4, -0.2) is 27.7 Å². The fourth-order valence-corrected chi connectivity index (χ4v) is 3.20. The number of nitrogens with zero attached hydrogens (tertiary/aromatic N) is 3. The number of anilines is 1. The second-order valence-electron chi connectivity index (χ2n) is 6.84. The Bertz CT molecular complexity index is 1200. The van der Waals surface area contributed by atoms with Crippen LogP contribution >= 0.6 is 0 Å². The molecule has 0 aliphatic rings. The van der Waals surface area contributed by atoms with E-state index in [1.54, 1.807) is 36.1 Å². The Kier molecular flexibility index (Phi) is 5.26. The molecule has 3 N–H and O–H groups in total. The predicted molar refractivity (Wildman–Crippen MR) is 114 cm³/mol. The second kappa shape index (κ2) is 8.16. The van der Waals surface area contributed by atoms with Gasteiger partial charge in [0, 0.05) is 29.9 Å². The van der Waals surface area contributed by atoms with Crippen molar-refractivity contribution in [3.63, 3.8) is 0 Å². The molecule has 0 aliphatic carbocycles. The highest BCUT2D eigenvalue weighted by Crippen LogP contribution is 2.28. The van der Waals surface area contributed by atoms with Crippen LogP contribution in [0.4, 0.5) is 10.1 Å². The van der Waals surface area contributed by atoms with E-state index in [4.69, 9.17) is 5.73 Å². The van der Waals surface area contributed by atoms with E-state index in [1.807, 2.05) is 36.5 Å². The first-order valence-corrected chi connectivity index (χ1v) is 9.40. The fraction of sp³-hybridized carbons (Fsp3) is 0.0870. The minimum atomic E-state index is -0.298. The molecular weight excluding hydrogens is 381 g/mol. The van der Waals surface area contributed by atoms with E-state index >= 15 is 0 Å². The summed E-state index contributed by atoms with van der Waals surface area (Å²) in [5, 5.41) is 7.25. The van der Waals surface area contributed by atoms with Gasteiger partial charge in [0.25, 0.3) is 5.91 Å². The molecule has 0 saturated carbocycles. The molecule has 0 atom stereocenters. The summed E-state index contributed by atoms with van der Waals surface area (Å²) < 4.78 is 15.0. The summed E-state index contributed by atoms with van der Waals surface area (Å²) in [6.45, 7) is 0.515. The van der Waals surface area contributed by atoms with Crippen LogP contribution in [0.5, 0.6) is 0 Å². The Morgan fingerprint density at radius 1 is 1.10 bits per heavy atom. The van der Waals surface area contributed by atoms with Gasteiger partial charge in [0.2, 0.25) is 0 Å². The van der Waals surface area contributed by atoms with E-state index in [2.05, 4.69) is 15.4 Å². The monoisotopic (exact) mass is 401 g/mol. The third-order valence-corrected chi connectivity index (χ3v) is 4.75. The highest BCUT2D eigenvalue weighted by Gasteiger charge is 2.11. The Morgan fingerprint density at radius 3 is 2.67 bits per heavy atom. The Balaban J connectivity index is 1.60. The molecule has 0 bridgehead atoms. The molecule has 6 nitrogen and oxygen atoms in total. The molecule has 7 heteroatoms. The molecule has 0 aliphatic heterocycles. The molecule has 30 heavy (non-hydrogen) atoms. The topological polar surface area (TPSA) is 85.8 Å². The normalized spacial score (nSPS) is 10.7. The number of nitrogen functional groups attached to an aromatic ring is 1. The third kappa shape index (κ3) is 4.05. The predicted octanol–water partition coefficient (Wildman–Crippen LogP) is 3.74. The summed E-state index contributed by atoms with van der Waals surface area (Å²) in [5.41, 5.74) is 11.1. The molecule has 1 amide bonds. The Morgan fingerprint density at radius 2 is 1.90 bits per heavy atom. The molecule has 0 spiro atoms. The van der Waals surface area contributed by atoms with Gasteiger partial charge in [0.1, 0.15) is 5.82 Å². The van der Waals surface area contributed by atoms with Crippen molar-refractivity contribution in [1.29, 1.82) is 0 Å². The van der Waals surface area contributed by atoms with Gasteiger partial charge in [-0.1, -0.05) is 12.1 Å². The zero-order chi connectivity index (χ0) is 21.1. The molecule has 0 fully saturated rings. The number of hydrogen-bond acceptors (Lipinski definition) is 4. The van der Waals surface area contributed by atoms with E-state index in [0.29, 0.717) is 29.2 Å². The van der Waals surface area contributed by atoms with Gasteiger partial charge >= 0.3 is 0 Å². The highest BCUT2D eigenvalue weighted by atomic mass is 19.1. The van der Waals surface area contributed by atoms with Crippen LogP contribution in [0, 0.1) is 5.82 Å². The summed E-state index contributed by atoms with van der Waals surface area (Å²) in [5.74, 6) is -0.426. The molecular formula is C23H20FN5O. The lowest BCUT2D eigenvalue weighted by molar-refractivity contribution is 0.0963. The van der Waals surface area contributed by atoms with Crippen LogP contribution in [-0.2, 0) is 6.54 Å². The summed E-state index contributed by atoms with van der Waals surface area (Å²) in [4.78, 5) is 16.2. The number of amides is 1. The number of benzene rings is 2. The van der Waals surface area contributed by atoms with Crippen LogP contribution in [0.2, 0.25) is 0 Å². The number of rotatable bonds is 5. The first kappa shape index (κ1) is 19.3. The van der Waals surface area contributed by atoms with Crippen LogP contribution < -0.4 is 11.1 Å². The molecule has 0 radical (unpaired) electrons. The average Bonchev–Trinajstić information content (AvgIpc) is 3.22. The van der Waals surface area contributed by atoms with Crippen LogP contribution in [0.25, 0.3) is 22.5 Å². The summed E-state index contributed by atoms with van der Waals surface area (Å²) in [6, 6.07) is 17.3. The maximum absolute atomic E-state index is 13.2. The lowest BCUT2D eigenvalue weighted by atomic mass is 10.1. The fourth-order valence-electron chi connectivity index (χ4n) is 3.20. The van der Waals surface area contributed by atoms with Gasteiger partial charge in [-0.2, -0.15) is 5.10 Å². The molecule has 0 unspecified atom stereocenters. The minimum Gasteiger partial charge on any atom is -0.397 e. The standard InChI is InChI=1S/C23H20FN5O/c1-26-23(30)17-4-2-3-15(11-17)14-29-10-9-21(28-29)19-12-22(27-13-20(19)25)16-5-7-18(24)8-6-16/h2-13H,14,25H2,1H3,(H,26,30). The molecule has 2 aromatic carbocycles. The minimum absolute atomic E-state index is 0.129. The SMILES string of the molecule is CNC(=O)c1cccc(Cn2ccc(-c3cc(-c4ccc(F)cc4)ncc3N)n2)c1. The molecule has 2 heterocycles. The van der Waals surface area contributed by atoms with Crippen molar-refractivity contribution >= 4 is 11.6 Å². The smallest absolute Gasteiger partial charge is 0.251 e. The van der Waals surface area contributed by atoms with Crippen molar-refractivity contribution in [3.8, 4) is 22.5 Å². The molecule has 0 saturated heterocycles. The molecule has 4 rings (SSSR count). The van der Waals surface area contributed by atoms with Gasteiger partial charge in [0.05, 0.1) is 29.8 Å².